The van der Waals surface area contributed by atoms with Crippen molar-refractivity contribution >= 4 is 15.9 Å². The summed E-state index contributed by atoms with van der Waals surface area (Å²) < 4.78 is 29.3. The highest BCUT2D eigenvalue weighted by Crippen LogP contribution is 2.16. The van der Waals surface area contributed by atoms with E-state index < -0.39 is 15.9 Å². The molecule has 0 saturated heterocycles. The van der Waals surface area contributed by atoms with Gasteiger partial charge in [-0.3, -0.25) is 4.79 Å². The van der Waals surface area contributed by atoms with Gasteiger partial charge in [-0.25, -0.2) is 18.1 Å². The number of benzene rings is 2. The number of hydrogen-bond acceptors (Lipinski definition) is 5. The molecule has 8 heteroatoms. The van der Waals surface area contributed by atoms with Gasteiger partial charge in [0, 0.05) is 31.3 Å². The van der Waals surface area contributed by atoms with E-state index in [1.165, 1.54) is 12.1 Å². The molecule has 1 heterocycles. The number of rotatable bonds is 9. The zero-order valence-corrected chi connectivity index (χ0v) is 17.7. The van der Waals surface area contributed by atoms with Gasteiger partial charge in [0.15, 0.2) is 0 Å². The van der Waals surface area contributed by atoms with Gasteiger partial charge >= 0.3 is 0 Å². The maximum Gasteiger partial charge on any atom is 0.264 e. The number of amides is 1. The summed E-state index contributed by atoms with van der Waals surface area (Å²) in [6, 6.07) is 14.7. The lowest BCUT2D eigenvalue weighted by Crippen LogP contribution is -2.30. The molecule has 0 atom stereocenters. The van der Waals surface area contributed by atoms with E-state index in [1.807, 2.05) is 0 Å². The standard InChI is InChI=1S/C22H26N4O3S/c1-2-3-9-21-24-15-19(14-23)26(21)16-17-10-12-20(13-11-17)30(28,29)25-22(27)18-7-5-4-6-8-18/h4-8,10-13,15H,2-3,9,14,16,23H2,1H3,(H,25,27). The van der Waals surface area contributed by atoms with Crippen molar-refractivity contribution < 1.29 is 13.2 Å². The lowest BCUT2D eigenvalue weighted by molar-refractivity contribution is 0.0981. The third-order valence-corrected chi connectivity index (χ3v) is 6.17. The van der Waals surface area contributed by atoms with Gasteiger partial charge in [-0.2, -0.15) is 0 Å². The molecule has 0 radical (unpaired) electrons. The van der Waals surface area contributed by atoms with E-state index in [0.717, 1.165) is 36.3 Å². The zero-order chi connectivity index (χ0) is 21.6. The second kappa shape index (κ2) is 9.69. The number of aromatic nitrogens is 2. The van der Waals surface area contributed by atoms with Crippen molar-refractivity contribution in [3.63, 3.8) is 0 Å². The van der Waals surface area contributed by atoms with E-state index in [0.29, 0.717) is 13.1 Å². The van der Waals surface area contributed by atoms with Crippen molar-refractivity contribution in [3.05, 3.63) is 83.4 Å². The van der Waals surface area contributed by atoms with Gasteiger partial charge in [-0.1, -0.05) is 43.7 Å². The van der Waals surface area contributed by atoms with E-state index in [1.54, 1.807) is 48.7 Å². The molecule has 3 rings (SSSR count). The van der Waals surface area contributed by atoms with Gasteiger partial charge in [0.2, 0.25) is 0 Å². The van der Waals surface area contributed by atoms with E-state index in [9.17, 15) is 13.2 Å². The Morgan fingerprint density at radius 2 is 1.80 bits per heavy atom. The number of sulfonamides is 1. The number of unbranched alkanes of at least 4 members (excludes halogenated alkanes) is 1. The lowest BCUT2D eigenvalue weighted by Gasteiger charge is -2.12. The first-order valence-corrected chi connectivity index (χ1v) is 11.4. The largest absolute Gasteiger partial charge is 0.326 e. The molecule has 0 unspecified atom stereocenters. The van der Waals surface area contributed by atoms with Crippen LogP contribution in [0.1, 0.15) is 47.2 Å². The third kappa shape index (κ3) is 5.14. The van der Waals surface area contributed by atoms with Crippen LogP contribution in [0.15, 0.2) is 65.7 Å². The first-order valence-electron chi connectivity index (χ1n) is 9.89. The molecule has 3 N–H and O–H groups in total. The summed E-state index contributed by atoms with van der Waals surface area (Å²) in [5.74, 6) is 0.315. The average Bonchev–Trinajstić information content (AvgIpc) is 3.14. The Morgan fingerprint density at radius 1 is 1.10 bits per heavy atom. The molecular formula is C22H26N4O3S. The Balaban J connectivity index is 1.75. The Morgan fingerprint density at radius 3 is 2.43 bits per heavy atom. The van der Waals surface area contributed by atoms with Crippen LogP contribution in [0.2, 0.25) is 0 Å². The second-order valence-corrected chi connectivity index (χ2v) is 8.69. The van der Waals surface area contributed by atoms with E-state index >= 15 is 0 Å². The van der Waals surface area contributed by atoms with Gasteiger partial charge < -0.3 is 10.3 Å². The SMILES string of the molecule is CCCCc1ncc(CN)n1Cc1ccc(S(=O)(=O)NC(=O)c2ccccc2)cc1. The van der Waals surface area contributed by atoms with E-state index in [2.05, 4.69) is 21.2 Å². The van der Waals surface area contributed by atoms with Gasteiger partial charge in [0.25, 0.3) is 15.9 Å². The molecule has 158 valence electrons. The molecule has 3 aromatic rings. The molecule has 0 aliphatic rings. The number of carbonyl (C=O) groups is 1. The zero-order valence-electron chi connectivity index (χ0n) is 16.9. The normalized spacial score (nSPS) is 11.4. The minimum absolute atomic E-state index is 0.0337. The molecule has 0 aliphatic carbocycles. The van der Waals surface area contributed by atoms with Crippen LogP contribution in [0.5, 0.6) is 0 Å². The van der Waals surface area contributed by atoms with Crippen LogP contribution in [0.3, 0.4) is 0 Å². The highest BCUT2D eigenvalue weighted by molar-refractivity contribution is 7.90. The number of hydrogen-bond donors (Lipinski definition) is 2. The fraction of sp³-hybridized carbons (Fsp3) is 0.273. The molecule has 0 spiro atoms. The quantitative estimate of drug-likeness (QED) is 0.547. The number of imidazole rings is 1. The van der Waals surface area contributed by atoms with Crippen molar-refractivity contribution in [2.45, 2.75) is 44.2 Å². The van der Waals surface area contributed by atoms with Crippen molar-refractivity contribution in [3.8, 4) is 0 Å². The van der Waals surface area contributed by atoms with Crippen LogP contribution in [0.25, 0.3) is 0 Å². The Hall–Kier alpha value is -2.97. The monoisotopic (exact) mass is 426 g/mol. The number of nitrogens with two attached hydrogens (primary N) is 1. The van der Waals surface area contributed by atoms with Gasteiger partial charge in [0.1, 0.15) is 5.82 Å². The summed E-state index contributed by atoms with van der Waals surface area (Å²) in [7, 11) is -3.96. The fourth-order valence-electron chi connectivity index (χ4n) is 3.13. The number of nitrogens with zero attached hydrogens (tertiary/aromatic N) is 2. The number of aryl methyl sites for hydroxylation is 1. The topological polar surface area (TPSA) is 107 Å². The lowest BCUT2D eigenvalue weighted by atomic mass is 10.2. The van der Waals surface area contributed by atoms with Crippen LogP contribution >= 0.6 is 0 Å². The average molecular weight is 427 g/mol. The second-order valence-electron chi connectivity index (χ2n) is 7.00. The Kier molecular flexibility index (Phi) is 7.02. The van der Waals surface area contributed by atoms with Crippen molar-refractivity contribution in [1.29, 1.82) is 0 Å². The fourth-order valence-corrected chi connectivity index (χ4v) is 4.10. The molecule has 0 bridgehead atoms. The smallest absolute Gasteiger partial charge is 0.264 e. The first kappa shape index (κ1) is 21.7. The molecule has 0 aliphatic heterocycles. The predicted molar refractivity (Wildman–Crippen MR) is 115 cm³/mol. The molecule has 1 aromatic heterocycles. The molecule has 2 aromatic carbocycles. The molecular weight excluding hydrogens is 400 g/mol. The summed E-state index contributed by atoms with van der Waals surface area (Å²) in [4.78, 5) is 16.7. The maximum absolute atomic E-state index is 12.6. The van der Waals surface area contributed by atoms with Gasteiger partial charge in [-0.05, 0) is 36.2 Å². The van der Waals surface area contributed by atoms with Gasteiger partial charge in [-0.15, -0.1) is 0 Å². The van der Waals surface area contributed by atoms with Gasteiger partial charge in [0.05, 0.1) is 10.6 Å². The van der Waals surface area contributed by atoms with Crippen LogP contribution < -0.4 is 10.5 Å². The summed E-state index contributed by atoms with van der Waals surface area (Å²) >= 11 is 0. The Labute approximate surface area is 177 Å². The van der Waals surface area contributed by atoms with Crippen LogP contribution in [-0.4, -0.2) is 23.9 Å². The summed E-state index contributed by atoms with van der Waals surface area (Å²) in [5, 5.41) is 0. The molecule has 7 nitrogen and oxygen atoms in total. The summed E-state index contributed by atoms with van der Waals surface area (Å²) in [6.07, 6.45) is 4.78. The minimum Gasteiger partial charge on any atom is -0.326 e. The predicted octanol–water partition coefficient (Wildman–Crippen LogP) is 2.85. The molecule has 1 amide bonds. The van der Waals surface area contributed by atoms with Crippen LogP contribution in [-0.2, 0) is 29.5 Å². The van der Waals surface area contributed by atoms with E-state index in [4.69, 9.17) is 5.73 Å². The maximum atomic E-state index is 12.6. The van der Waals surface area contributed by atoms with E-state index in [-0.39, 0.29) is 10.5 Å². The van der Waals surface area contributed by atoms with Crippen molar-refractivity contribution in [2.75, 3.05) is 0 Å². The number of carbonyl (C=O) groups excluding carboxylic acids is 1. The molecule has 0 fully saturated rings. The summed E-state index contributed by atoms with van der Waals surface area (Å²) in [5.41, 5.74) is 7.99. The first-order chi connectivity index (χ1) is 14.4. The highest BCUT2D eigenvalue weighted by Gasteiger charge is 2.18. The van der Waals surface area contributed by atoms with Crippen LogP contribution in [0, 0.1) is 0 Å². The van der Waals surface area contributed by atoms with Crippen LogP contribution in [0.4, 0.5) is 0 Å². The molecule has 0 saturated carbocycles. The molecule has 30 heavy (non-hydrogen) atoms. The third-order valence-electron chi connectivity index (χ3n) is 4.82. The highest BCUT2D eigenvalue weighted by atomic mass is 32.2. The summed E-state index contributed by atoms with van der Waals surface area (Å²) in [6.45, 7) is 3.08. The number of nitrogens with one attached hydrogen (secondary N) is 1. The van der Waals surface area contributed by atoms with Crippen molar-refractivity contribution in [1.82, 2.24) is 14.3 Å². The minimum atomic E-state index is -3.96. The van der Waals surface area contributed by atoms with Crippen molar-refractivity contribution in [2.24, 2.45) is 5.73 Å². The Bertz CT molecular complexity index is 1090.